The molecule has 0 aliphatic carbocycles. The number of hydrogen-bond donors (Lipinski definition) is 1. The molecule has 1 heterocycles. The highest BCUT2D eigenvalue weighted by Gasteiger charge is 2.02. The maximum atomic E-state index is 5.07. The van der Waals surface area contributed by atoms with Gasteiger partial charge in [-0.2, -0.15) is 0 Å². The fourth-order valence-electron chi connectivity index (χ4n) is 1.30. The van der Waals surface area contributed by atoms with Crippen LogP contribution in [-0.2, 0) is 4.74 Å². The van der Waals surface area contributed by atoms with E-state index in [-0.39, 0.29) is 0 Å². The molecule has 0 fully saturated rings. The number of nitrogens with one attached hydrogen (secondary N) is 1. The summed E-state index contributed by atoms with van der Waals surface area (Å²) in [4.78, 5) is 4.21. The molecule has 0 saturated heterocycles. The third-order valence-corrected chi connectivity index (χ3v) is 2.10. The standard InChI is InChI=1S/C11H18N2O/c1-9(8-14-3)7-13-11-5-4-6-12-10(11)2/h4-6,9,13H,7-8H2,1-3H3. The third kappa shape index (κ3) is 3.34. The molecule has 0 saturated carbocycles. The summed E-state index contributed by atoms with van der Waals surface area (Å²) in [6, 6.07) is 3.98. The van der Waals surface area contributed by atoms with Crippen molar-refractivity contribution in [3.63, 3.8) is 0 Å². The van der Waals surface area contributed by atoms with E-state index in [2.05, 4.69) is 17.2 Å². The predicted octanol–water partition coefficient (Wildman–Crippen LogP) is 2.08. The van der Waals surface area contributed by atoms with Crippen LogP contribution in [-0.4, -0.2) is 25.2 Å². The molecule has 0 bridgehead atoms. The molecule has 3 nitrogen and oxygen atoms in total. The van der Waals surface area contributed by atoms with Crippen LogP contribution in [0, 0.1) is 12.8 Å². The zero-order valence-corrected chi connectivity index (χ0v) is 9.08. The third-order valence-electron chi connectivity index (χ3n) is 2.10. The van der Waals surface area contributed by atoms with Crippen molar-refractivity contribution in [3.8, 4) is 0 Å². The number of anilines is 1. The molecule has 3 heteroatoms. The zero-order valence-electron chi connectivity index (χ0n) is 9.08. The minimum Gasteiger partial charge on any atom is -0.384 e. The average molecular weight is 194 g/mol. The lowest BCUT2D eigenvalue weighted by Gasteiger charge is -2.13. The lowest BCUT2D eigenvalue weighted by Crippen LogP contribution is -2.16. The molecule has 0 spiro atoms. The summed E-state index contributed by atoms with van der Waals surface area (Å²) in [6.07, 6.45) is 1.80. The van der Waals surface area contributed by atoms with Crippen LogP contribution in [0.4, 0.5) is 5.69 Å². The van der Waals surface area contributed by atoms with E-state index in [1.807, 2.05) is 19.1 Å². The molecule has 1 aromatic heterocycles. The Morgan fingerprint density at radius 3 is 3.00 bits per heavy atom. The van der Waals surface area contributed by atoms with Crippen LogP contribution in [0.2, 0.25) is 0 Å². The van der Waals surface area contributed by atoms with E-state index in [1.165, 1.54) is 0 Å². The number of rotatable bonds is 5. The number of nitrogens with zero attached hydrogens (tertiary/aromatic N) is 1. The molecule has 0 radical (unpaired) electrons. The first-order chi connectivity index (χ1) is 6.74. The van der Waals surface area contributed by atoms with Gasteiger partial charge in [0, 0.05) is 19.9 Å². The lowest BCUT2D eigenvalue weighted by atomic mass is 10.2. The van der Waals surface area contributed by atoms with Crippen LogP contribution >= 0.6 is 0 Å². The maximum Gasteiger partial charge on any atom is 0.0603 e. The quantitative estimate of drug-likeness (QED) is 0.779. The Balaban J connectivity index is 2.41. The summed E-state index contributed by atoms with van der Waals surface area (Å²) in [5.74, 6) is 0.514. The Hall–Kier alpha value is -1.09. The Bertz CT molecular complexity index is 276. The van der Waals surface area contributed by atoms with Gasteiger partial charge in [-0.15, -0.1) is 0 Å². The van der Waals surface area contributed by atoms with E-state index >= 15 is 0 Å². The van der Waals surface area contributed by atoms with Gasteiger partial charge in [-0.05, 0) is 25.0 Å². The molecule has 0 aliphatic heterocycles. The maximum absolute atomic E-state index is 5.07. The lowest BCUT2D eigenvalue weighted by molar-refractivity contribution is 0.164. The zero-order chi connectivity index (χ0) is 10.4. The first-order valence-corrected chi connectivity index (χ1v) is 4.88. The van der Waals surface area contributed by atoms with Gasteiger partial charge in [-0.3, -0.25) is 4.98 Å². The number of aromatic nitrogens is 1. The molecule has 1 N–H and O–H groups in total. The van der Waals surface area contributed by atoms with Crippen molar-refractivity contribution < 1.29 is 4.74 Å². The van der Waals surface area contributed by atoms with E-state index in [1.54, 1.807) is 13.3 Å². The number of ether oxygens (including phenoxy) is 1. The van der Waals surface area contributed by atoms with Crippen molar-refractivity contribution in [2.45, 2.75) is 13.8 Å². The van der Waals surface area contributed by atoms with Gasteiger partial charge >= 0.3 is 0 Å². The average Bonchev–Trinajstić information content (AvgIpc) is 2.17. The molecule has 0 aromatic carbocycles. The van der Waals surface area contributed by atoms with Gasteiger partial charge in [0.05, 0.1) is 18.0 Å². The van der Waals surface area contributed by atoms with Crippen molar-refractivity contribution in [3.05, 3.63) is 24.0 Å². The van der Waals surface area contributed by atoms with Gasteiger partial charge in [0.2, 0.25) is 0 Å². The normalized spacial score (nSPS) is 12.5. The highest BCUT2D eigenvalue weighted by Crippen LogP contribution is 2.10. The fourth-order valence-corrected chi connectivity index (χ4v) is 1.30. The van der Waals surface area contributed by atoms with E-state index in [0.29, 0.717) is 5.92 Å². The van der Waals surface area contributed by atoms with Crippen molar-refractivity contribution in [2.24, 2.45) is 5.92 Å². The molecule has 1 aromatic rings. The number of methoxy groups -OCH3 is 1. The molecule has 78 valence electrons. The largest absolute Gasteiger partial charge is 0.384 e. The van der Waals surface area contributed by atoms with E-state index in [0.717, 1.165) is 24.5 Å². The molecule has 1 unspecified atom stereocenters. The van der Waals surface area contributed by atoms with Crippen LogP contribution in [0.15, 0.2) is 18.3 Å². The summed E-state index contributed by atoms with van der Waals surface area (Å²) in [6.45, 7) is 5.86. The van der Waals surface area contributed by atoms with Crippen LogP contribution in [0.5, 0.6) is 0 Å². The molecule has 0 aliphatic rings. The second kappa shape index (κ2) is 5.60. The molecule has 0 amide bonds. The monoisotopic (exact) mass is 194 g/mol. The van der Waals surface area contributed by atoms with E-state index in [4.69, 9.17) is 4.74 Å². The second-order valence-corrected chi connectivity index (χ2v) is 3.58. The summed E-state index contributed by atoms with van der Waals surface area (Å²) >= 11 is 0. The van der Waals surface area contributed by atoms with Crippen LogP contribution in [0.3, 0.4) is 0 Å². The summed E-state index contributed by atoms with van der Waals surface area (Å²) in [5.41, 5.74) is 2.15. The summed E-state index contributed by atoms with van der Waals surface area (Å²) in [5, 5.41) is 3.36. The smallest absolute Gasteiger partial charge is 0.0603 e. The second-order valence-electron chi connectivity index (χ2n) is 3.58. The molecular formula is C11H18N2O. The molecule has 1 rings (SSSR count). The highest BCUT2D eigenvalue weighted by molar-refractivity contribution is 5.46. The topological polar surface area (TPSA) is 34.1 Å². The van der Waals surface area contributed by atoms with Gasteiger partial charge in [0.1, 0.15) is 0 Å². The minimum atomic E-state index is 0.514. The SMILES string of the molecule is COCC(C)CNc1cccnc1C. The van der Waals surface area contributed by atoms with Crippen molar-refractivity contribution in [1.82, 2.24) is 4.98 Å². The van der Waals surface area contributed by atoms with Crippen LogP contribution in [0.1, 0.15) is 12.6 Å². The van der Waals surface area contributed by atoms with Gasteiger partial charge < -0.3 is 10.1 Å². The van der Waals surface area contributed by atoms with Crippen molar-refractivity contribution in [2.75, 3.05) is 25.6 Å². The van der Waals surface area contributed by atoms with E-state index in [9.17, 15) is 0 Å². The van der Waals surface area contributed by atoms with Gasteiger partial charge in [0.15, 0.2) is 0 Å². The Labute approximate surface area is 85.5 Å². The first-order valence-electron chi connectivity index (χ1n) is 4.88. The number of hydrogen-bond acceptors (Lipinski definition) is 3. The Morgan fingerprint density at radius 2 is 2.36 bits per heavy atom. The molecular weight excluding hydrogens is 176 g/mol. The summed E-state index contributed by atoms with van der Waals surface area (Å²) < 4.78 is 5.07. The molecule has 14 heavy (non-hydrogen) atoms. The first kappa shape index (κ1) is 11.0. The van der Waals surface area contributed by atoms with Gasteiger partial charge in [0.25, 0.3) is 0 Å². The van der Waals surface area contributed by atoms with Crippen molar-refractivity contribution in [1.29, 1.82) is 0 Å². The fraction of sp³-hybridized carbons (Fsp3) is 0.545. The van der Waals surface area contributed by atoms with Crippen LogP contribution < -0.4 is 5.32 Å². The predicted molar refractivity (Wildman–Crippen MR) is 58.5 cm³/mol. The summed E-state index contributed by atoms with van der Waals surface area (Å²) in [7, 11) is 1.73. The number of aryl methyl sites for hydroxylation is 1. The molecule has 1 atom stereocenters. The minimum absolute atomic E-state index is 0.514. The number of pyridine rings is 1. The van der Waals surface area contributed by atoms with Gasteiger partial charge in [-0.1, -0.05) is 6.92 Å². The van der Waals surface area contributed by atoms with Crippen molar-refractivity contribution >= 4 is 5.69 Å². The van der Waals surface area contributed by atoms with Gasteiger partial charge in [-0.25, -0.2) is 0 Å². The van der Waals surface area contributed by atoms with E-state index < -0.39 is 0 Å². The Morgan fingerprint density at radius 1 is 1.57 bits per heavy atom. The van der Waals surface area contributed by atoms with Crippen LogP contribution in [0.25, 0.3) is 0 Å². The Kier molecular flexibility index (Phi) is 4.40. The highest BCUT2D eigenvalue weighted by atomic mass is 16.5.